The molecule has 0 spiro atoms. The molecule has 2 rings (SSSR count). The van der Waals surface area contributed by atoms with Gasteiger partial charge in [0, 0.05) is 13.0 Å². The summed E-state index contributed by atoms with van der Waals surface area (Å²) < 4.78 is 5.26. The SMILES string of the molecule is COc1ccccc1CCC(=O)N[C@@H]1CCNC[C@H]1O.Cl. The van der Waals surface area contributed by atoms with Gasteiger partial charge >= 0.3 is 0 Å². The number of halogens is 1. The zero-order chi connectivity index (χ0) is 14.4. The first-order valence-electron chi connectivity index (χ1n) is 7.00. The first kappa shape index (κ1) is 17.8. The molecular weight excluding hydrogens is 292 g/mol. The predicted molar refractivity (Wildman–Crippen MR) is 84.0 cm³/mol. The topological polar surface area (TPSA) is 70.6 Å². The first-order chi connectivity index (χ1) is 9.70. The van der Waals surface area contributed by atoms with Crippen LogP contribution < -0.4 is 15.4 Å². The highest BCUT2D eigenvalue weighted by atomic mass is 35.5. The van der Waals surface area contributed by atoms with Crippen molar-refractivity contribution >= 4 is 18.3 Å². The Balaban J connectivity index is 0.00000220. The van der Waals surface area contributed by atoms with Crippen LogP contribution in [0.15, 0.2) is 24.3 Å². The van der Waals surface area contributed by atoms with Gasteiger partial charge in [0.15, 0.2) is 0 Å². The van der Waals surface area contributed by atoms with Crippen molar-refractivity contribution in [2.24, 2.45) is 0 Å². The molecule has 0 unspecified atom stereocenters. The van der Waals surface area contributed by atoms with Crippen LogP contribution in [0.2, 0.25) is 0 Å². The number of benzene rings is 1. The van der Waals surface area contributed by atoms with Crippen LogP contribution in [0.3, 0.4) is 0 Å². The number of β-amino-alcohol motifs (C(OH)–C–C–N with tert-alkyl or cyclic N) is 1. The number of aliphatic hydroxyl groups excluding tert-OH is 1. The van der Waals surface area contributed by atoms with E-state index in [1.54, 1.807) is 7.11 Å². The van der Waals surface area contributed by atoms with Crippen molar-refractivity contribution in [2.75, 3.05) is 20.2 Å². The lowest BCUT2D eigenvalue weighted by Gasteiger charge is -2.29. The zero-order valence-corrected chi connectivity index (χ0v) is 13.0. The van der Waals surface area contributed by atoms with Gasteiger partial charge in [-0.3, -0.25) is 4.79 Å². The molecule has 1 aromatic carbocycles. The van der Waals surface area contributed by atoms with Crippen LogP contribution in [0.1, 0.15) is 18.4 Å². The summed E-state index contributed by atoms with van der Waals surface area (Å²) in [6.45, 7) is 1.37. The van der Waals surface area contributed by atoms with E-state index in [1.165, 1.54) is 0 Å². The minimum Gasteiger partial charge on any atom is -0.496 e. The number of nitrogens with one attached hydrogen (secondary N) is 2. The number of piperidine rings is 1. The van der Waals surface area contributed by atoms with Gasteiger partial charge in [-0.2, -0.15) is 0 Å². The Bertz CT molecular complexity index is 456. The van der Waals surface area contributed by atoms with Crippen molar-refractivity contribution in [3.63, 3.8) is 0 Å². The van der Waals surface area contributed by atoms with E-state index in [4.69, 9.17) is 4.74 Å². The van der Waals surface area contributed by atoms with E-state index in [2.05, 4.69) is 10.6 Å². The Kier molecular flexibility index (Phi) is 7.50. The number of amides is 1. The Hall–Kier alpha value is -1.30. The molecule has 1 heterocycles. The molecular formula is C15H23ClN2O3. The number of hydrogen-bond acceptors (Lipinski definition) is 4. The minimum atomic E-state index is -0.501. The smallest absolute Gasteiger partial charge is 0.220 e. The number of para-hydroxylation sites is 1. The molecule has 1 aliphatic rings. The third kappa shape index (κ3) is 5.19. The molecule has 1 aromatic rings. The second kappa shape index (κ2) is 8.87. The standard InChI is InChI=1S/C15H22N2O3.ClH/c1-20-14-5-3-2-4-11(14)6-7-15(19)17-12-8-9-16-10-13(12)18;/h2-5,12-13,16,18H,6-10H2,1H3,(H,17,19);1H/t12-,13-;/m1./s1. The van der Waals surface area contributed by atoms with Crippen molar-refractivity contribution in [3.8, 4) is 5.75 Å². The highest BCUT2D eigenvalue weighted by Crippen LogP contribution is 2.18. The number of rotatable bonds is 5. The molecule has 0 saturated carbocycles. The monoisotopic (exact) mass is 314 g/mol. The molecule has 0 radical (unpaired) electrons. The van der Waals surface area contributed by atoms with Gasteiger partial charge in [-0.25, -0.2) is 0 Å². The minimum absolute atomic E-state index is 0. The van der Waals surface area contributed by atoms with E-state index >= 15 is 0 Å². The van der Waals surface area contributed by atoms with Gasteiger partial charge in [0.25, 0.3) is 0 Å². The van der Waals surface area contributed by atoms with Crippen LogP contribution >= 0.6 is 12.4 Å². The van der Waals surface area contributed by atoms with Crippen LogP contribution in [0.25, 0.3) is 0 Å². The van der Waals surface area contributed by atoms with Gasteiger partial charge in [0.2, 0.25) is 5.91 Å². The van der Waals surface area contributed by atoms with Gasteiger partial charge in [0.05, 0.1) is 19.3 Å². The van der Waals surface area contributed by atoms with Gasteiger partial charge < -0.3 is 20.5 Å². The quantitative estimate of drug-likeness (QED) is 0.755. The van der Waals surface area contributed by atoms with Gasteiger partial charge in [-0.15, -0.1) is 12.4 Å². The molecule has 21 heavy (non-hydrogen) atoms. The summed E-state index contributed by atoms with van der Waals surface area (Å²) in [6, 6.07) is 7.57. The molecule has 2 atom stereocenters. The number of ether oxygens (including phenoxy) is 1. The number of aliphatic hydroxyl groups is 1. The van der Waals surface area contributed by atoms with Crippen LogP contribution in [0.5, 0.6) is 5.75 Å². The van der Waals surface area contributed by atoms with Crippen molar-refractivity contribution in [1.29, 1.82) is 0 Å². The van der Waals surface area contributed by atoms with Crippen LogP contribution in [-0.4, -0.2) is 43.4 Å². The summed E-state index contributed by atoms with van der Waals surface area (Å²) >= 11 is 0. The summed E-state index contributed by atoms with van der Waals surface area (Å²) in [5, 5.41) is 15.8. The van der Waals surface area contributed by atoms with E-state index < -0.39 is 6.10 Å². The van der Waals surface area contributed by atoms with E-state index in [9.17, 15) is 9.90 Å². The average molecular weight is 315 g/mol. The molecule has 0 bridgehead atoms. The lowest BCUT2D eigenvalue weighted by atomic mass is 10.0. The predicted octanol–water partition coefficient (Wildman–Crippen LogP) is 0.889. The van der Waals surface area contributed by atoms with Crippen molar-refractivity contribution in [1.82, 2.24) is 10.6 Å². The number of aryl methyl sites for hydroxylation is 1. The van der Waals surface area contributed by atoms with Gasteiger partial charge in [0.1, 0.15) is 5.75 Å². The Morgan fingerprint density at radius 3 is 2.95 bits per heavy atom. The maximum Gasteiger partial charge on any atom is 0.220 e. The lowest BCUT2D eigenvalue weighted by Crippen LogP contribution is -2.52. The summed E-state index contributed by atoms with van der Waals surface area (Å²) in [5.41, 5.74) is 1.02. The highest BCUT2D eigenvalue weighted by molar-refractivity contribution is 5.85. The summed E-state index contributed by atoms with van der Waals surface area (Å²) in [4.78, 5) is 11.9. The maximum atomic E-state index is 11.9. The van der Waals surface area contributed by atoms with Crippen molar-refractivity contribution in [2.45, 2.75) is 31.4 Å². The number of carbonyl (C=O) groups is 1. The molecule has 5 nitrogen and oxygen atoms in total. The second-order valence-electron chi connectivity index (χ2n) is 5.05. The molecule has 0 aromatic heterocycles. The van der Waals surface area contributed by atoms with Crippen molar-refractivity contribution < 1.29 is 14.6 Å². The van der Waals surface area contributed by atoms with Crippen LogP contribution in [-0.2, 0) is 11.2 Å². The summed E-state index contributed by atoms with van der Waals surface area (Å²) in [7, 11) is 1.63. The summed E-state index contributed by atoms with van der Waals surface area (Å²) in [5.74, 6) is 0.782. The molecule has 6 heteroatoms. The Morgan fingerprint density at radius 1 is 1.48 bits per heavy atom. The number of carbonyl (C=O) groups excluding carboxylic acids is 1. The molecule has 0 aliphatic carbocycles. The Morgan fingerprint density at radius 2 is 2.24 bits per heavy atom. The molecule has 118 valence electrons. The highest BCUT2D eigenvalue weighted by Gasteiger charge is 2.24. The molecule has 1 amide bonds. The normalized spacial score (nSPS) is 21.2. The molecule has 3 N–H and O–H groups in total. The van der Waals surface area contributed by atoms with E-state index in [0.717, 1.165) is 24.3 Å². The first-order valence-corrected chi connectivity index (χ1v) is 7.00. The van der Waals surface area contributed by atoms with E-state index in [0.29, 0.717) is 19.4 Å². The van der Waals surface area contributed by atoms with Crippen molar-refractivity contribution in [3.05, 3.63) is 29.8 Å². The fraction of sp³-hybridized carbons (Fsp3) is 0.533. The number of hydrogen-bond donors (Lipinski definition) is 3. The van der Waals surface area contributed by atoms with Gasteiger partial charge in [-0.1, -0.05) is 18.2 Å². The molecule has 1 aliphatic heterocycles. The third-order valence-corrected chi connectivity index (χ3v) is 3.61. The second-order valence-corrected chi connectivity index (χ2v) is 5.05. The van der Waals surface area contributed by atoms with E-state index in [1.807, 2.05) is 24.3 Å². The zero-order valence-electron chi connectivity index (χ0n) is 12.2. The van der Waals surface area contributed by atoms with Crippen LogP contribution in [0, 0.1) is 0 Å². The molecule has 1 fully saturated rings. The maximum absolute atomic E-state index is 11.9. The van der Waals surface area contributed by atoms with Crippen LogP contribution in [0.4, 0.5) is 0 Å². The lowest BCUT2D eigenvalue weighted by molar-refractivity contribution is -0.122. The summed E-state index contributed by atoms with van der Waals surface area (Å²) in [6.07, 6.45) is 1.30. The fourth-order valence-electron chi connectivity index (χ4n) is 2.45. The fourth-order valence-corrected chi connectivity index (χ4v) is 2.45. The van der Waals surface area contributed by atoms with Gasteiger partial charge in [-0.05, 0) is 31.0 Å². The molecule has 1 saturated heterocycles. The third-order valence-electron chi connectivity index (χ3n) is 3.61. The number of methoxy groups -OCH3 is 1. The average Bonchev–Trinajstić information content (AvgIpc) is 2.48. The Labute approximate surface area is 131 Å². The largest absolute Gasteiger partial charge is 0.496 e. The van der Waals surface area contributed by atoms with E-state index in [-0.39, 0.29) is 24.4 Å².